The summed E-state index contributed by atoms with van der Waals surface area (Å²) in [5.41, 5.74) is 0.811. The Labute approximate surface area is 184 Å². The fourth-order valence-electron chi connectivity index (χ4n) is 6.27. The number of nitro benzene ring substituents is 1. The number of aryl methyl sites for hydroxylation is 1. The molecule has 4 saturated carbocycles. The van der Waals surface area contributed by atoms with Gasteiger partial charge in [-0.25, -0.2) is 0 Å². The van der Waals surface area contributed by atoms with Crippen molar-refractivity contribution in [3.8, 4) is 0 Å². The van der Waals surface area contributed by atoms with E-state index in [1.54, 1.807) is 19.1 Å². The highest BCUT2D eigenvalue weighted by atomic mass is 32.2. The van der Waals surface area contributed by atoms with Crippen LogP contribution in [0.2, 0.25) is 0 Å². The Kier molecular flexibility index (Phi) is 5.03. The molecule has 2 amide bonds. The molecule has 1 aromatic carbocycles. The molecule has 0 radical (unpaired) electrons. The van der Waals surface area contributed by atoms with Crippen molar-refractivity contribution in [1.82, 2.24) is 5.32 Å². The Morgan fingerprint density at radius 3 is 2.52 bits per heavy atom. The van der Waals surface area contributed by atoms with Gasteiger partial charge in [0.2, 0.25) is 11.8 Å². The summed E-state index contributed by atoms with van der Waals surface area (Å²) in [5.74, 6) is 1.79. The van der Waals surface area contributed by atoms with E-state index in [9.17, 15) is 19.7 Å². The van der Waals surface area contributed by atoms with Crippen LogP contribution in [0.15, 0.2) is 23.2 Å². The minimum absolute atomic E-state index is 0.00192. The number of amides is 2. The average Bonchev–Trinajstić information content (AvgIpc) is 2.99. The molecule has 5 aliphatic rings. The minimum atomic E-state index is -0.534. The lowest BCUT2D eigenvalue weighted by molar-refractivity contribution is -0.385. The van der Waals surface area contributed by atoms with Crippen molar-refractivity contribution in [2.24, 2.45) is 22.7 Å². The van der Waals surface area contributed by atoms with Crippen LogP contribution in [-0.2, 0) is 9.59 Å². The first-order valence-corrected chi connectivity index (χ1v) is 11.8. The van der Waals surface area contributed by atoms with Gasteiger partial charge in [0.25, 0.3) is 5.69 Å². The molecule has 1 aliphatic heterocycles. The zero-order valence-electron chi connectivity index (χ0n) is 17.4. The number of thioether (sulfide) groups is 1. The van der Waals surface area contributed by atoms with Crippen LogP contribution in [0.5, 0.6) is 0 Å². The molecule has 164 valence electrons. The number of hydrogen-bond acceptors (Lipinski definition) is 6. The van der Waals surface area contributed by atoms with Gasteiger partial charge in [-0.3, -0.25) is 24.7 Å². The van der Waals surface area contributed by atoms with Crippen molar-refractivity contribution in [2.75, 3.05) is 5.32 Å². The van der Waals surface area contributed by atoms with Crippen molar-refractivity contribution in [3.05, 3.63) is 33.9 Å². The molecular weight excluding hydrogens is 416 g/mol. The lowest BCUT2D eigenvalue weighted by Crippen LogP contribution is -2.50. The van der Waals surface area contributed by atoms with Crippen molar-refractivity contribution >= 4 is 40.1 Å². The number of nitrogens with zero attached hydrogens (tertiary/aromatic N) is 2. The number of rotatable bonds is 5. The molecule has 4 aliphatic carbocycles. The third-order valence-corrected chi connectivity index (χ3v) is 8.26. The third-order valence-electron chi connectivity index (χ3n) is 7.18. The number of carbonyl (C=O) groups is 2. The van der Waals surface area contributed by atoms with Crippen LogP contribution < -0.4 is 10.6 Å². The normalized spacial score (nSPS) is 34.7. The number of anilines is 1. The van der Waals surface area contributed by atoms with Crippen LogP contribution in [0.25, 0.3) is 0 Å². The first kappa shape index (κ1) is 20.5. The topological polar surface area (TPSA) is 114 Å². The average molecular weight is 443 g/mol. The van der Waals surface area contributed by atoms with Crippen LogP contribution in [-0.4, -0.2) is 32.7 Å². The lowest BCUT2D eigenvalue weighted by atomic mass is 9.53. The van der Waals surface area contributed by atoms with Gasteiger partial charge < -0.3 is 10.6 Å². The predicted molar refractivity (Wildman–Crippen MR) is 119 cm³/mol. The first-order chi connectivity index (χ1) is 14.8. The number of amidine groups is 1. The van der Waals surface area contributed by atoms with E-state index >= 15 is 0 Å². The first-order valence-electron chi connectivity index (χ1n) is 10.9. The molecule has 1 atom stereocenters. The maximum Gasteiger partial charge on any atom is 0.274 e. The molecule has 1 unspecified atom stereocenters. The highest BCUT2D eigenvalue weighted by Gasteiger charge is 2.51. The second-order valence-electron chi connectivity index (χ2n) is 9.67. The summed E-state index contributed by atoms with van der Waals surface area (Å²) in [6, 6.07) is 4.57. The Hall–Kier alpha value is -2.42. The summed E-state index contributed by atoms with van der Waals surface area (Å²) in [7, 11) is 0. The molecule has 1 aromatic rings. The van der Waals surface area contributed by atoms with E-state index < -0.39 is 10.2 Å². The zero-order valence-corrected chi connectivity index (χ0v) is 18.2. The second kappa shape index (κ2) is 7.62. The summed E-state index contributed by atoms with van der Waals surface area (Å²) in [4.78, 5) is 40.6. The van der Waals surface area contributed by atoms with Crippen molar-refractivity contribution in [2.45, 2.75) is 62.7 Å². The highest BCUT2D eigenvalue weighted by Crippen LogP contribution is 2.57. The number of nitro groups is 1. The summed E-state index contributed by atoms with van der Waals surface area (Å²) in [5, 5.41) is 16.8. The monoisotopic (exact) mass is 442 g/mol. The molecule has 8 nitrogen and oxygen atoms in total. The lowest BCUT2D eigenvalue weighted by Gasteiger charge is -2.55. The van der Waals surface area contributed by atoms with Gasteiger partial charge in [0.05, 0.1) is 10.5 Å². The zero-order chi connectivity index (χ0) is 21.8. The van der Waals surface area contributed by atoms with E-state index in [0.717, 1.165) is 37.0 Å². The minimum Gasteiger partial charge on any atom is -0.326 e. The number of aliphatic imine (C=N–C) groups is 1. The standard InChI is InChI=1S/C22H26N4O4S/c1-12-2-3-16(7-17(12)26(29)30)23-19(27)8-18-20(28)24-21(31-18)25-22-9-13-4-14(10-22)6-15(5-13)11-22/h2-3,7,13-15,18H,4-6,8-11H2,1H3,(H,23,27)(H,24,25,28). The van der Waals surface area contributed by atoms with Crippen LogP contribution in [0.1, 0.15) is 50.5 Å². The van der Waals surface area contributed by atoms with Crippen molar-refractivity contribution in [1.29, 1.82) is 0 Å². The summed E-state index contributed by atoms with van der Waals surface area (Å²) >= 11 is 1.34. The van der Waals surface area contributed by atoms with Crippen LogP contribution >= 0.6 is 11.8 Å². The number of hydrogen-bond donors (Lipinski definition) is 2. The van der Waals surface area contributed by atoms with Crippen molar-refractivity contribution < 1.29 is 14.5 Å². The van der Waals surface area contributed by atoms with E-state index in [1.165, 1.54) is 37.1 Å². The van der Waals surface area contributed by atoms with Crippen LogP contribution in [0.4, 0.5) is 11.4 Å². The van der Waals surface area contributed by atoms with E-state index in [2.05, 4.69) is 10.6 Å². The van der Waals surface area contributed by atoms with Crippen molar-refractivity contribution in [3.63, 3.8) is 0 Å². The Bertz CT molecular complexity index is 956. The Morgan fingerprint density at radius 2 is 1.90 bits per heavy atom. The predicted octanol–water partition coefficient (Wildman–Crippen LogP) is 3.79. The van der Waals surface area contributed by atoms with Gasteiger partial charge in [0.1, 0.15) is 5.25 Å². The number of carbonyl (C=O) groups excluding carboxylic acids is 2. The molecular formula is C22H26N4O4S. The fraction of sp³-hybridized carbons (Fsp3) is 0.591. The number of benzene rings is 1. The van der Waals surface area contributed by atoms with E-state index in [0.29, 0.717) is 16.4 Å². The van der Waals surface area contributed by atoms with E-state index in [-0.39, 0.29) is 29.5 Å². The summed E-state index contributed by atoms with van der Waals surface area (Å²) < 4.78 is 0. The molecule has 5 fully saturated rings. The van der Waals surface area contributed by atoms with Gasteiger partial charge in [0.15, 0.2) is 5.17 Å². The quantitative estimate of drug-likeness (QED) is 0.532. The second-order valence-corrected chi connectivity index (χ2v) is 10.9. The summed E-state index contributed by atoms with van der Waals surface area (Å²) in [6.45, 7) is 1.65. The molecule has 2 N–H and O–H groups in total. The summed E-state index contributed by atoms with van der Waals surface area (Å²) in [6.07, 6.45) is 7.37. The fourth-order valence-corrected chi connectivity index (χ4v) is 7.35. The highest BCUT2D eigenvalue weighted by molar-refractivity contribution is 8.15. The third kappa shape index (κ3) is 4.07. The van der Waals surface area contributed by atoms with Gasteiger partial charge in [-0.05, 0) is 69.3 Å². The van der Waals surface area contributed by atoms with E-state index in [1.807, 2.05) is 0 Å². The Morgan fingerprint density at radius 1 is 1.26 bits per heavy atom. The molecule has 31 heavy (non-hydrogen) atoms. The van der Waals surface area contributed by atoms with Gasteiger partial charge in [-0.15, -0.1) is 0 Å². The number of nitrogens with one attached hydrogen (secondary N) is 2. The molecule has 4 bridgehead atoms. The maximum atomic E-state index is 12.5. The molecule has 0 aromatic heterocycles. The Balaban J connectivity index is 1.23. The molecule has 1 saturated heterocycles. The van der Waals surface area contributed by atoms with Crippen LogP contribution in [0.3, 0.4) is 0 Å². The van der Waals surface area contributed by atoms with Gasteiger partial charge in [-0.2, -0.15) is 0 Å². The largest absolute Gasteiger partial charge is 0.326 e. The van der Waals surface area contributed by atoms with Gasteiger partial charge in [0, 0.05) is 23.7 Å². The molecule has 9 heteroatoms. The van der Waals surface area contributed by atoms with E-state index in [4.69, 9.17) is 4.99 Å². The molecule has 6 rings (SSSR count). The SMILES string of the molecule is Cc1ccc(NC(=O)CC2SC(=NC34CC5CC(CC(C5)C3)C4)NC2=O)cc1[N+](=O)[O-]. The smallest absolute Gasteiger partial charge is 0.274 e. The molecule has 0 spiro atoms. The van der Waals surface area contributed by atoms with Gasteiger partial charge >= 0.3 is 0 Å². The van der Waals surface area contributed by atoms with Crippen LogP contribution in [0, 0.1) is 34.8 Å². The molecule has 1 heterocycles. The van der Waals surface area contributed by atoms with Gasteiger partial charge in [-0.1, -0.05) is 17.8 Å². The maximum absolute atomic E-state index is 12.5.